The van der Waals surface area contributed by atoms with Crippen molar-refractivity contribution in [1.82, 2.24) is 5.32 Å². The summed E-state index contributed by atoms with van der Waals surface area (Å²) in [4.78, 5) is 12.0. The van der Waals surface area contributed by atoms with Crippen molar-refractivity contribution in [3.8, 4) is 5.75 Å². The first-order chi connectivity index (χ1) is 11.4. The van der Waals surface area contributed by atoms with Crippen molar-refractivity contribution in [2.75, 3.05) is 18.6 Å². The van der Waals surface area contributed by atoms with Crippen LogP contribution < -0.4 is 15.4 Å². The minimum atomic E-state index is -2.51. The number of amides is 2. The van der Waals surface area contributed by atoms with E-state index in [4.69, 9.17) is 4.74 Å². The third-order valence-corrected chi connectivity index (χ3v) is 4.93. The molecule has 4 nitrogen and oxygen atoms in total. The number of hydrogen-bond donors (Lipinski definition) is 2. The fraction of sp³-hybridized carbons (Fsp3) is 0.588. The van der Waals surface area contributed by atoms with Crippen molar-refractivity contribution in [1.29, 1.82) is 0 Å². The van der Waals surface area contributed by atoms with Gasteiger partial charge in [-0.15, -0.1) is 0 Å². The predicted molar refractivity (Wildman–Crippen MR) is 84.3 cm³/mol. The maximum Gasteiger partial charge on any atom is 0.319 e. The molecule has 1 spiro atoms. The Kier molecular flexibility index (Phi) is 4.60. The van der Waals surface area contributed by atoms with E-state index in [9.17, 15) is 18.0 Å². The number of urea groups is 1. The third kappa shape index (κ3) is 3.60. The molecule has 7 heteroatoms. The molecule has 3 rings (SSSR count). The molecular formula is C17H21F3N2O2. The van der Waals surface area contributed by atoms with Gasteiger partial charge in [0, 0.05) is 29.6 Å². The number of halogens is 3. The van der Waals surface area contributed by atoms with Crippen molar-refractivity contribution in [3.63, 3.8) is 0 Å². The second kappa shape index (κ2) is 6.53. The molecule has 0 saturated heterocycles. The second-order valence-electron chi connectivity index (χ2n) is 6.60. The third-order valence-electron chi connectivity index (χ3n) is 4.93. The average molecular weight is 342 g/mol. The number of anilines is 1. The zero-order valence-electron chi connectivity index (χ0n) is 13.3. The van der Waals surface area contributed by atoms with Crippen molar-refractivity contribution < 1.29 is 22.7 Å². The first-order valence-electron chi connectivity index (χ1n) is 8.18. The molecule has 2 aliphatic carbocycles. The molecule has 2 aliphatic rings. The summed E-state index contributed by atoms with van der Waals surface area (Å²) < 4.78 is 43.9. The summed E-state index contributed by atoms with van der Waals surface area (Å²) in [5, 5.41) is 5.51. The molecule has 24 heavy (non-hydrogen) atoms. The van der Waals surface area contributed by atoms with Gasteiger partial charge in [-0.05, 0) is 37.8 Å². The van der Waals surface area contributed by atoms with Crippen LogP contribution in [-0.2, 0) is 0 Å². The van der Waals surface area contributed by atoms with E-state index in [0.29, 0.717) is 37.1 Å². The van der Waals surface area contributed by atoms with E-state index < -0.39 is 18.0 Å². The van der Waals surface area contributed by atoms with E-state index in [1.54, 1.807) is 24.3 Å². The maximum absolute atomic E-state index is 13.3. The first kappa shape index (κ1) is 16.9. The van der Waals surface area contributed by atoms with Crippen LogP contribution in [0.5, 0.6) is 5.75 Å². The van der Waals surface area contributed by atoms with Crippen molar-refractivity contribution in [3.05, 3.63) is 24.3 Å². The van der Waals surface area contributed by atoms with Crippen LogP contribution in [0.1, 0.15) is 32.1 Å². The molecule has 0 aromatic heterocycles. The van der Waals surface area contributed by atoms with E-state index in [1.165, 1.54) is 0 Å². The molecule has 0 radical (unpaired) electrons. The van der Waals surface area contributed by atoms with E-state index in [0.717, 1.165) is 0 Å². The van der Waals surface area contributed by atoms with Crippen molar-refractivity contribution in [2.45, 2.75) is 44.1 Å². The van der Waals surface area contributed by atoms with Gasteiger partial charge in [-0.3, -0.25) is 0 Å². The standard InChI is InChI=1S/C17H21F3N2O2/c18-8-9-24-14-3-1-2-13(10-14)22-15(23)21-12-4-6-16(7-5-12)11-17(16,19)20/h1-3,10,12H,4-9,11H2,(H2,21,22,23). The molecule has 0 heterocycles. The quantitative estimate of drug-likeness (QED) is 0.845. The van der Waals surface area contributed by atoms with E-state index >= 15 is 0 Å². The number of ether oxygens (including phenoxy) is 1. The Hall–Kier alpha value is -1.92. The van der Waals surface area contributed by atoms with E-state index in [1.807, 2.05) is 0 Å². The molecule has 2 N–H and O–H groups in total. The monoisotopic (exact) mass is 342 g/mol. The van der Waals surface area contributed by atoms with Gasteiger partial charge in [0.15, 0.2) is 0 Å². The Labute approximate surface area is 138 Å². The number of alkyl halides is 3. The molecule has 0 aliphatic heterocycles. The highest BCUT2D eigenvalue weighted by Crippen LogP contribution is 2.67. The number of rotatable bonds is 5. The minimum Gasteiger partial charge on any atom is -0.491 e. The summed E-state index contributed by atoms with van der Waals surface area (Å²) >= 11 is 0. The second-order valence-corrected chi connectivity index (χ2v) is 6.60. The van der Waals surface area contributed by atoms with Crippen LogP contribution in [0.25, 0.3) is 0 Å². The van der Waals surface area contributed by atoms with Crippen LogP contribution in [0, 0.1) is 5.41 Å². The lowest BCUT2D eigenvalue weighted by atomic mass is 9.83. The lowest BCUT2D eigenvalue weighted by molar-refractivity contribution is 0.0446. The number of hydrogen-bond acceptors (Lipinski definition) is 2. The smallest absolute Gasteiger partial charge is 0.319 e. The average Bonchev–Trinajstić information content (AvgIpc) is 3.08. The summed E-state index contributed by atoms with van der Waals surface area (Å²) in [5.74, 6) is -2.04. The molecule has 2 fully saturated rings. The Bertz CT molecular complexity index is 601. The van der Waals surface area contributed by atoms with Crippen LogP contribution >= 0.6 is 0 Å². The summed E-state index contributed by atoms with van der Waals surface area (Å²) in [6, 6.07) is 6.22. The molecule has 132 valence electrons. The lowest BCUT2D eigenvalue weighted by Crippen LogP contribution is -2.41. The van der Waals surface area contributed by atoms with Gasteiger partial charge in [-0.25, -0.2) is 18.0 Å². The number of nitrogens with one attached hydrogen (secondary N) is 2. The highest BCUT2D eigenvalue weighted by Gasteiger charge is 2.70. The lowest BCUT2D eigenvalue weighted by Gasteiger charge is -2.29. The fourth-order valence-electron chi connectivity index (χ4n) is 3.41. The summed E-state index contributed by atoms with van der Waals surface area (Å²) in [5.41, 5.74) is -0.270. The normalized spacial score (nSPS) is 27.5. The topological polar surface area (TPSA) is 50.4 Å². The molecule has 0 bridgehead atoms. The SMILES string of the molecule is O=C(Nc1cccc(OCCF)c1)NC1CCC2(CC1)CC2(F)F. The van der Waals surface area contributed by atoms with Gasteiger partial charge < -0.3 is 15.4 Å². The largest absolute Gasteiger partial charge is 0.491 e. The van der Waals surface area contributed by atoms with Gasteiger partial charge in [0.25, 0.3) is 5.92 Å². The zero-order valence-corrected chi connectivity index (χ0v) is 13.3. The number of benzene rings is 1. The van der Waals surface area contributed by atoms with Gasteiger partial charge in [0.2, 0.25) is 0 Å². The predicted octanol–water partition coefficient (Wildman–Crippen LogP) is 4.12. The van der Waals surface area contributed by atoms with Crippen LogP contribution in [0.2, 0.25) is 0 Å². The van der Waals surface area contributed by atoms with Crippen LogP contribution in [0.15, 0.2) is 24.3 Å². The Balaban J connectivity index is 1.46. The van der Waals surface area contributed by atoms with E-state index in [2.05, 4.69) is 10.6 Å². The zero-order chi connectivity index (χ0) is 17.2. The summed E-state index contributed by atoms with van der Waals surface area (Å²) in [6.07, 6.45) is 2.05. The molecule has 1 aromatic carbocycles. The number of carbonyl (C=O) groups excluding carboxylic acids is 1. The van der Waals surface area contributed by atoms with Crippen molar-refractivity contribution in [2.24, 2.45) is 5.41 Å². The highest BCUT2D eigenvalue weighted by molar-refractivity contribution is 5.89. The Morgan fingerprint density at radius 1 is 1.29 bits per heavy atom. The van der Waals surface area contributed by atoms with Gasteiger partial charge in [-0.2, -0.15) is 0 Å². The van der Waals surface area contributed by atoms with Gasteiger partial charge in [0.05, 0.1) is 0 Å². The van der Waals surface area contributed by atoms with Crippen molar-refractivity contribution >= 4 is 11.7 Å². The molecule has 0 unspecified atom stereocenters. The Morgan fingerprint density at radius 3 is 2.62 bits per heavy atom. The maximum atomic E-state index is 13.3. The summed E-state index contributed by atoms with van der Waals surface area (Å²) in [7, 11) is 0. The molecule has 2 saturated carbocycles. The van der Waals surface area contributed by atoms with E-state index in [-0.39, 0.29) is 25.1 Å². The minimum absolute atomic E-state index is 0.00934. The van der Waals surface area contributed by atoms with Gasteiger partial charge in [0.1, 0.15) is 19.0 Å². The van der Waals surface area contributed by atoms with Gasteiger partial charge >= 0.3 is 6.03 Å². The molecule has 0 atom stereocenters. The molecule has 2 amide bonds. The van der Waals surface area contributed by atoms with Gasteiger partial charge in [-0.1, -0.05) is 6.07 Å². The number of carbonyl (C=O) groups is 1. The van der Waals surface area contributed by atoms with Crippen LogP contribution in [-0.4, -0.2) is 31.3 Å². The summed E-state index contributed by atoms with van der Waals surface area (Å²) in [6.45, 7) is -0.621. The fourth-order valence-corrected chi connectivity index (χ4v) is 3.41. The Morgan fingerprint density at radius 2 is 2.00 bits per heavy atom. The molecular weight excluding hydrogens is 321 g/mol. The van der Waals surface area contributed by atoms with Crippen LogP contribution in [0.3, 0.4) is 0 Å². The first-order valence-corrected chi connectivity index (χ1v) is 8.18. The van der Waals surface area contributed by atoms with Crippen LogP contribution in [0.4, 0.5) is 23.7 Å². The highest BCUT2D eigenvalue weighted by atomic mass is 19.3. The molecule has 1 aromatic rings.